The molecule has 0 saturated carbocycles. The van der Waals surface area contributed by atoms with E-state index in [9.17, 15) is 4.79 Å². The van der Waals surface area contributed by atoms with Crippen molar-refractivity contribution in [1.29, 1.82) is 0 Å². The highest BCUT2D eigenvalue weighted by Crippen LogP contribution is 2.32. The van der Waals surface area contributed by atoms with E-state index in [0.29, 0.717) is 12.1 Å². The Morgan fingerprint density at radius 2 is 2.00 bits per heavy atom. The highest BCUT2D eigenvalue weighted by atomic mass is 79.9. The van der Waals surface area contributed by atoms with Gasteiger partial charge in [-0.25, -0.2) is 0 Å². The Kier molecular flexibility index (Phi) is 6.27. The number of alkyl halides is 1. The van der Waals surface area contributed by atoms with E-state index >= 15 is 0 Å². The van der Waals surface area contributed by atoms with E-state index in [1.165, 1.54) is 0 Å². The van der Waals surface area contributed by atoms with Crippen LogP contribution < -0.4 is 0 Å². The number of nitrogens with zero attached hydrogens (tertiary/aromatic N) is 1. The number of halogens is 2. The van der Waals surface area contributed by atoms with Crippen LogP contribution in [-0.2, 0) is 11.5 Å². The summed E-state index contributed by atoms with van der Waals surface area (Å²) in [6.45, 7) is 10.3. The number of Topliss-reactive ketones (excluding diaryl/α,β-unsaturated/α-hetero) is 1. The first-order valence-corrected chi connectivity index (χ1v) is 13.3. The van der Waals surface area contributed by atoms with Gasteiger partial charge in [0.2, 0.25) is 0 Å². The standard InChI is InChI=1S/C17H23Br2NO2Si/c1-12-10-20(11-22-7-8-23(2,3)4)17-13(15(21)9-18)5-6-14(19)16(12)17/h5-6,10H,7-9,11H2,1-4H3. The third-order valence-corrected chi connectivity index (χ3v) is 6.68. The van der Waals surface area contributed by atoms with E-state index in [-0.39, 0.29) is 5.78 Å². The zero-order valence-corrected chi connectivity index (χ0v) is 18.3. The fraction of sp³-hybridized carbons (Fsp3) is 0.471. The van der Waals surface area contributed by atoms with Crippen LogP contribution >= 0.6 is 31.9 Å². The normalized spacial score (nSPS) is 12.1. The molecule has 0 amide bonds. The second kappa shape index (κ2) is 7.63. The number of hydrogen-bond acceptors (Lipinski definition) is 2. The zero-order valence-electron chi connectivity index (χ0n) is 14.1. The van der Waals surface area contributed by atoms with Crippen molar-refractivity contribution in [3.8, 4) is 0 Å². The molecule has 126 valence electrons. The third-order valence-electron chi connectivity index (χ3n) is 3.81. The Morgan fingerprint density at radius 1 is 1.30 bits per heavy atom. The van der Waals surface area contributed by atoms with Gasteiger partial charge in [-0.15, -0.1) is 0 Å². The lowest BCUT2D eigenvalue weighted by Crippen LogP contribution is -2.22. The number of carbonyl (C=O) groups is 1. The van der Waals surface area contributed by atoms with Gasteiger partial charge in [0.1, 0.15) is 6.73 Å². The maximum atomic E-state index is 12.3. The van der Waals surface area contributed by atoms with E-state index < -0.39 is 8.07 Å². The van der Waals surface area contributed by atoms with Gasteiger partial charge in [0.05, 0.1) is 10.8 Å². The maximum Gasteiger partial charge on any atom is 0.175 e. The molecule has 6 heteroatoms. The molecule has 0 N–H and O–H groups in total. The van der Waals surface area contributed by atoms with Gasteiger partial charge >= 0.3 is 0 Å². The average Bonchev–Trinajstić information content (AvgIpc) is 2.80. The van der Waals surface area contributed by atoms with Crippen LogP contribution in [0.15, 0.2) is 22.8 Å². The van der Waals surface area contributed by atoms with Gasteiger partial charge in [0.15, 0.2) is 5.78 Å². The number of fused-ring (bicyclic) bond motifs is 1. The smallest absolute Gasteiger partial charge is 0.175 e. The summed E-state index contributed by atoms with van der Waals surface area (Å²) in [6.07, 6.45) is 2.06. The number of benzene rings is 1. The second-order valence-corrected chi connectivity index (χ2v) is 14.0. The minimum atomic E-state index is -1.09. The van der Waals surface area contributed by atoms with Gasteiger partial charge in [0.25, 0.3) is 0 Å². The maximum absolute atomic E-state index is 12.3. The molecule has 0 aliphatic rings. The highest BCUT2D eigenvalue weighted by molar-refractivity contribution is 9.10. The number of ketones is 1. The average molecular weight is 461 g/mol. The zero-order chi connectivity index (χ0) is 17.2. The molecule has 0 bridgehead atoms. The summed E-state index contributed by atoms with van der Waals surface area (Å²) in [4.78, 5) is 12.3. The summed E-state index contributed by atoms with van der Waals surface area (Å²) < 4.78 is 8.95. The Morgan fingerprint density at radius 3 is 2.61 bits per heavy atom. The van der Waals surface area contributed by atoms with Gasteiger partial charge in [-0.1, -0.05) is 51.5 Å². The molecule has 0 fully saturated rings. The van der Waals surface area contributed by atoms with Crippen molar-refractivity contribution in [2.75, 3.05) is 11.9 Å². The molecule has 23 heavy (non-hydrogen) atoms. The first kappa shape index (κ1) is 18.9. The molecule has 0 unspecified atom stereocenters. The van der Waals surface area contributed by atoms with Crippen molar-refractivity contribution < 1.29 is 9.53 Å². The molecule has 0 aliphatic heterocycles. The van der Waals surface area contributed by atoms with E-state index in [4.69, 9.17) is 4.74 Å². The minimum absolute atomic E-state index is 0.0870. The van der Waals surface area contributed by atoms with Gasteiger partial charge < -0.3 is 9.30 Å². The lowest BCUT2D eigenvalue weighted by atomic mass is 10.1. The molecule has 2 aromatic rings. The van der Waals surface area contributed by atoms with E-state index in [1.54, 1.807) is 0 Å². The summed E-state index contributed by atoms with van der Waals surface area (Å²) in [5, 5.41) is 1.41. The Bertz CT molecular complexity index is 719. The molecular formula is C17H23Br2NO2Si. The summed E-state index contributed by atoms with van der Waals surface area (Å²) in [5.41, 5.74) is 2.83. The largest absolute Gasteiger partial charge is 0.361 e. The topological polar surface area (TPSA) is 31.2 Å². The van der Waals surface area contributed by atoms with Gasteiger partial charge in [-0.05, 0) is 30.7 Å². The molecule has 0 radical (unpaired) electrons. The van der Waals surface area contributed by atoms with Crippen molar-refractivity contribution in [2.45, 2.75) is 39.3 Å². The minimum Gasteiger partial charge on any atom is -0.361 e. The Hall–Kier alpha value is -0.433. The van der Waals surface area contributed by atoms with Crippen LogP contribution in [0.1, 0.15) is 15.9 Å². The first-order chi connectivity index (χ1) is 10.7. The Labute approximate surface area is 155 Å². The van der Waals surface area contributed by atoms with E-state index in [2.05, 4.69) is 69.2 Å². The van der Waals surface area contributed by atoms with Crippen molar-refractivity contribution in [3.63, 3.8) is 0 Å². The molecule has 1 aromatic heterocycles. The van der Waals surface area contributed by atoms with Crippen LogP contribution in [0.3, 0.4) is 0 Å². The van der Waals surface area contributed by atoms with Crippen molar-refractivity contribution in [1.82, 2.24) is 4.57 Å². The molecule has 3 nitrogen and oxygen atoms in total. The predicted molar refractivity (Wildman–Crippen MR) is 107 cm³/mol. The number of ether oxygens (including phenoxy) is 1. The van der Waals surface area contributed by atoms with E-state index in [1.807, 2.05) is 12.1 Å². The molecule has 1 heterocycles. The summed E-state index contributed by atoms with van der Waals surface area (Å²) in [5.74, 6) is 0.0870. The lowest BCUT2D eigenvalue weighted by molar-refractivity contribution is 0.0899. The number of aryl methyl sites for hydroxylation is 1. The highest BCUT2D eigenvalue weighted by Gasteiger charge is 2.17. The monoisotopic (exact) mass is 459 g/mol. The SMILES string of the molecule is Cc1cn(COCC[Si](C)(C)C)c2c(C(=O)CBr)ccc(Br)c12. The molecule has 0 atom stereocenters. The van der Waals surface area contributed by atoms with Gasteiger partial charge in [-0.2, -0.15) is 0 Å². The summed E-state index contributed by atoms with van der Waals surface area (Å²) in [7, 11) is -1.09. The van der Waals surface area contributed by atoms with Crippen LogP contribution in [0, 0.1) is 6.92 Å². The van der Waals surface area contributed by atoms with Gasteiger partial charge in [-0.3, -0.25) is 4.79 Å². The van der Waals surface area contributed by atoms with Crippen LogP contribution in [-0.4, -0.2) is 30.4 Å². The van der Waals surface area contributed by atoms with Crippen LogP contribution in [0.5, 0.6) is 0 Å². The third kappa shape index (κ3) is 4.56. The van der Waals surface area contributed by atoms with Crippen molar-refractivity contribution in [2.24, 2.45) is 0 Å². The molecule has 0 spiro atoms. The summed E-state index contributed by atoms with van der Waals surface area (Å²) in [6, 6.07) is 4.97. The molecule has 0 saturated heterocycles. The lowest BCUT2D eigenvalue weighted by Gasteiger charge is -2.16. The quantitative estimate of drug-likeness (QED) is 0.233. The fourth-order valence-electron chi connectivity index (χ4n) is 2.54. The van der Waals surface area contributed by atoms with Gasteiger partial charge in [0, 0.05) is 36.3 Å². The molecule has 2 rings (SSSR count). The first-order valence-electron chi connectivity index (χ1n) is 7.69. The Balaban J connectivity index is 2.33. The number of hydrogen-bond donors (Lipinski definition) is 0. The van der Waals surface area contributed by atoms with Crippen molar-refractivity contribution in [3.05, 3.63) is 33.9 Å². The predicted octanol–water partition coefficient (Wildman–Crippen LogP) is 5.60. The number of aromatic nitrogens is 1. The fourth-order valence-corrected chi connectivity index (χ4v) is 4.23. The van der Waals surface area contributed by atoms with Crippen LogP contribution in [0.4, 0.5) is 0 Å². The number of carbonyl (C=O) groups excluding carboxylic acids is 1. The van der Waals surface area contributed by atoms with Crippen molar-refractivity contribution >= 4 is 56.6 Å². The van der Waals surface area contributed by atoms with E-state index in [0.717, 1.165) is 39.2 Å². The molecule has 1 aromatic carbocycles. The summed E-state index contributed by atoms with van der Waals surface area (Å²) >= 11 is 6.88. The number of rotatable bonds is 7. The van der Waals surface area contributed by atoms with Crippen LogP contribution in [0.25, 0.3) is 10.9 Å². The second-order valence-electron chi connectivity index (χ2n) is 7.01. The molecule has 0 aliphatic carbocycles. The van der Waals surface area contributed by atoms with Crippen LogP contribution in [0.2, 0.25) is 25.7 Å². The molecular weight excluding hydrogens is 438 g/mol.